The highest BCUT2D eigenvalue weighted by molar-refractivity contribution is 5.57. The Hall–Kier alpha value is -0.530. The summed E-state index contributed by atoms with van der Waals surface area (Å²) in [5.74, 6) is 0. The van der Waals surface area contributed by atoms with Crippen LogP contribution in [0.25, 0.3) is 0 Å². The quantitative estimate of drug-likeness (QED) is 0.422. The highest BCUT2D eigenvalue weighted by atomic mass is 15.2. The normalized spacial score (nSPS) is 29.4. The van der Waals surface area contributed by atoms with Gasteiger partial charge in [0.15, 0.2) is 6.34 Å². The van der Waals surface area contributed by atoms with Crippen LogP contribution in [-0.2, 0) is 0 Å². The average Bonchev–Trinajstić information content (AvgIpc) is 1.87. The van der Waals surface area contributed by atoms with Crippen molar-refractivity contribution < 1.29 is 0 Å². The van der Waals surface area contributed by atoms with Gasteiger partial charge in [-0.15, -0.1) is 0 Å². The van der Waals surface area contributed by atoms with Crippen molar-refractivity contribution in [3.8, 4) is 0 Å². The van der Waals surface area contributed by atoms with E-state index in [4.69, 9.17) is 0 Å². The number of rotatable bonds is 0. The Bertz CT molecular complexity index is 78.1. The van der Waals surface area contributed by atoms with Gasteiger partial charge in [0.1, 0.15) is 0 Å². The lowest BCUT2D eigenvalue weighted by atomic mass is 10.4. The van der Waals surface area contributed by atoms with Crippen LogP contribution in [-0.4, -0.2) is 30.9 Å². The Morgan fingerprint density at radius 2 is 2.57 bits per heavy atom. The summed E-state index contributed by atoms with van der Waals surface area (Å²) in [6.07, 6.45) is 2.83. The number of hydrogen-bond donors (Lipinski definition) is 0. The molecule has 1 unspecified atom stereocenters. The lowest BCUT2D eigenvalue weighted by Gasteiger charge is -2.02. The lowest BCUT2D eigenvalue weighted by molar-refractivity contribution is 0.522. The first-order valence-electron chi connectivity index (χ1n) is 2.45. The van der Waals surface area contributed by atoms with Gasteiger partial charge in [0.2, 0.25) is 0 Å². The summed E-state index contributed by atoms with van der Waals surface area (Å²) in [5, 5.41) is 0. The summed E-state index contributed by atoms with van der Waals surface area (Å²) >= 11 is 0. The van der Waals surface area contributed by atoms with Crippen molar-refractivity contribution in [1.82, 2.24) is 4.90 Å². The van der Waals surface area contributed by atoms with Crippen molar-refractivity contribution in [2.75, 3.05) is 13.6 Å². The van der Waals surface area contributed by atoms with E-state index in [1.807, 2.05) is 11.9 Å². The molecule has 1 atom stereocenters. The molecule has 0 spiro atoms. The van der Waals surface area contributed by atoms with E-state index < -0.39 is 0 Å². The van der Waals surface area contributed by atoms with Gasteiger partial charge in [0.05, 0.1) is 6.04 Å². The summed E-state index contributed by atoms with van der Waals surface area (Å²) in [6, 6.07) is 0.463. The maximum Gasteiger partial charge on any atom is 0.167 e. The third-order valence-corrected chi connectivity index (χ3v) is 0.987. The minimum atomic E-state index is 0.463. The maximum absolute atomic E-state index is 3.99. The third kappa shape index (κ3) is 0.918. The second-order valence-corrected chi connectivity index (χ2v) is 1.96. The van der Waals surface area contributed by atoms with Crippen molar-refractivity contribution in [2.45, 2.75) is 13.0 Å². The van der Waals surface area contributed by atoms with Gasteiger partial charge >= 0.3 is 0 Å². The van der Waals surface area contributed by atoms with Crippen molar-refractivity contribution in [3.05, 3.63) is 0 Å². The van der Waals surface area contributed by atoms with E-state index in [1.165, 1.54) is 0 Å². The Morgan fingerprint density at radius 1 is 1.86 bits per heavy atom. The predicted octanol–water partition coefficient (Wildman–Crippen LogP) is 0.226. The fraction of sp³-hybridized carbons (Fsp3) is 0.800. The van der Waals surface area contributed by atoms with Crippen LogP contribution in [0, 0.1) is 0 Å². The Morgan fingerprint density at radius 3 is 2.71 bits per heavy atom. The zero-order valence-electron chi connectivity index (χ0n) is 4.68. The van der Waals surface area contributed by atoms with E-state index in [0.29, 0.717) is 6.04 Å². The van der Waals surface area contributed by atoms with E-state index in [2.05, 4.69) is 18.3 Å². The minimum Gasteiger partial charge on any atom is -0.355 e. The molecule has 7 heavy (non-hydrogen) atoms. The van der Waals surface area contributed by atoms with E-state index in [-0.39, 0.29) is 0 Å². The van der Waals surface area contributed by atoms with Crippen molar-refractivity contribution in [3.63, 3.8) is 0 Å². The minimum absolute atomic E-state index is 0.463. The van der Waals surface area contributed by atoms with Crippen molar-refractivity contribution in [2.24, 2.45) is 4.99 Å². The first kappa shape index (κ1) is 4.62. The predicted molar refractivity (Wildman–Crippen MR) is 29.5 cm³/mol. The van der Waals surface area contributed by atoms with Crippen molar-refractivity contribution in [1.29, 1.82) is 0 Å². The molecule has 0 saturated carbocycles. The molecule has 2 heteroatoms. The molecule has 0 N–H and O–H groups in total. The Kier molecular flexibility index (Phi) is 1.01. The molecule has 0 aromatic heterocycles. The molecule has 0 fully saturated rings. The van der Waals surface area contributed by atoms with E-state index in [0.717, 1.165) is 6.54 Å². The molecule has 1 aliphatic rings. The largest absolute Gasteiger partial charge is 0.355 e. The number of aliphatic imine (C=N–C) groups is 1. The van der Waals surface area contributed by atoms with Crippen LogP contribution in [0.5, 0.6) is 0 Å². The van der Waals surface area contributed by atoms with Gasteiger partial charge < -0.3 is 4.90 Å². The van der Waals surface area contributed by atoms with Crippen LogP contribution in [0.15, 0.2) is 4.99 Å². The Labute approximate surface area is 43.8 Å². The van der Waals surface area contributed by atoms with E-state index >= 15 is 0 Å². The maximum atomic E-state index is 3.99. The molecular weight excluding hydrogens is 88.1 g/mol. The van der Waals surface area contributed by atoms with Gasteiger partial charge in [-0.25, -0.2) is 0 Å². The fourth-order valence-corrected chi connectivity index (χ4v) is 0.675. The molecule has 0 amide bonds. The van der Waals surface area contributed by atoms with Crippen LogP contribution >= 0.6 is 0 Å². The molecule has 1 radical (unpaired) electrons. The molecule has 0 bridgehead atoms. The molecule has 1 rings (SSSR count). The standard InChI is InChI=1S/C5H9N2/c1-5-3-7(2)4-6-5/h5H,3H2,1-2H3. The number of nitrogens with zero attached hydrogens (tertiary/aromatic N) is 2. The van der Waals surface area contributed by atoms with Gasteiger partial charge in [-0.2, -0.15) is 0 Å². The molecule has 0 aliphatic carbocycles. The van der Waals surface area contributed by atoms with E-state index in [1.54, 1.807) is 0 Å². The van der Waals surface area contributed by atoms with E-state index in [9.17, 15) is 0 Å². The summed E-state index contributed by atoms with van der Waals surface area (Å²) in [5.41, 5.74) is 0. The average molecular weight is 97.1 g/mol. The fourth-order valence-electron chi connectivity index (χ4n) is 0.675. The van der Waals surface area contributed by atoms with Crippen molar-refractivity contribution >= 4 is 6.34 Å². The first-order chi connectivity index (χ1) is 3.29. The number of hydrogen-bond acceptors (Lipinski definition) is 2. The van der Waals surface area contributed by atoms with Gasteiger partial charge in [-0.05, 0) is 6.92 Å². The molecule has 39 valence electrons. The third-order valence-electron chi connectivity index (χ3n) is 0.987. The van der Waals surface area contributed by atoms with Gasteiger partial charge in [-0.1, -0.05) is 0 Å². The summed E-state index contributed by atoms with van der Waals surface area (Å²) in [6.45, 7) is 3.11. The number of likely N-dealkylation sites (N-methyl/N-ethyl adjacent to an activating group) is 1. The first-order valence-corrected chi connectivity index (χ1v) is 2.45. The molecule has 0 aromatic carbocycles. The van der Waals surface area contributed by atoms with Crippen LogP contribution < -0.4 is 0 Å². The molecule has 0 aromatic rings. The molecule has 2 nitrogen and oxygen atoms in total. The molecular formula is C5H9N2. The van der Waals surface area contributed by atoms with Gasteiger partial charge in [0, 0.05) is 13.6 Å². The zero-order valence-corrected chi connectivity index (χ0v) is 4.68. The second-order valence-electron chi connectivity index (χ2n) is 1.96. The zero-order chi connectivity index (χ0) is 5.28. The molecule has 1 aliphatic heterocycles. The summed E-state index contributed by atoms with van der Waals surface area (Å²) in [4.78, 5) is 5.96. The molecule has 1 heterocycles. The van der Waals surface area contributed by atoms with Crippen LogP contribution in [0.3, 0.4) is 0 Å². The monoisotopic (exact) mass is 97.1 g/mol. The summed E-state index contributed by atoms with van der Waals surface area (Å²) in [7, 11) is 1.98. The van der Waals surface area contributed by atoms with Gasteiger partial charge in [-0.3, -0.25) is 4.99 Å². The lowest BCUT2D eigenvalue weighted by Crippen LogP contribution is -2.15. The Balaban J connectivity index is 2.42. The highest BCUT2D eigenvalue weighted by Crippen LogP contribution is 1.97. The van der Waals surface area contributed by atoms with Crippen LogP contribution in [0.1, 0.15) is 6.92 Å². The summed E-state index contributed by atoms with van der Waals surface area (Å²) < 4.78 is 0. The highest BCUT2D eigenvalue weighted by Gasteiger charge is 2.07. The van der Waals surface area contributed by atoms with Gasteiger partial charge in [0.25, 0.3) is 0 Å². The smallest absolute Gasteiger partial charge is 0.167 e. The second kappa shape index (κ2) is 1.52. The van der Waals surface area contributed by atoms with Crippen LogP contribution in [0.4, 0.5) is 0 Å². The topological polar surface area (TPSA) is 15.6 Å². The SMILES string of the molecule is CC1CN(C)[C]=N1. The van der Waals surface area contributed by atoms with Crippen LogP contribution in [0.2, 0.25) is 0 Å². The molecule has 0 saturated heterocycles.